The van der Waals surface area contributed by atoms with E-state index in [4.69, 9.17) is 4.74 Å². The average Bonchev–Trinajstić information content (AvgIpc) is 2.35. The van der Waals surface area contributed by atoms with Gasteiger partial charge in [0.25, 0.3) is 0 Å². The van der Waals surface area contributed by atoms with Crippen molar-refractivity contribution in [1.82, 2.24) is 0 Å². The standard InChI is InChI=1S/C15H18O2/c1-11-8-13(10-16)9-12(2)15(11)17-14-6-4-3-5-7-14/h4,6,8-10,14H,3,5,7H2,1-2H3. The summed E-state index contributed by atoms with van der Waals surface area (Å²) in [7, 11) is 0. The molecule has 0 saturated carbocycles. The van der Waals surface area contributed by atoms with Crippen LogP contribution < -0.4 is 4.74 Å². The highest BCUT2D eigenvalue weighted by Crippen LogP contribution is 2.27. The minimum absolute atomic E-state index is 0.184. The third-order valence-corrected chi connectivity index (χ3v) is 3.10. The molecule has 90 valence electrons. The van der Waals surface area contributed by atoms with Gasteiger partial charge in [0.2, 0.25) is 0 Å². The second-order valence-corrected chi connectivity index (χ2v) is 4.62. The highest BCUT2D eigenvalue weighted by Gasteiger charge is 2.13. The molecule has 0 aromatic heterocycles. The van der Waals surface area contributed by atoms with Crippen LogP contribution in [-0.4, -0.2) is 12.4 Å². The zero-order valence-electron chi connectivity index (χ0n) is 10.4. The summed E-state index contributed by atoms with van der Waals surface area (Å²) in [6, 6.07) is 3.75. The van der Waals surface area contributed by atoms with Crippen molar-refractivity contribution < 1.29 is 9.53 Å². The van der Waals surface area contributed by atoms with Gasteiger partial charge in [0.1, 0.15) is 18.1 Å². The highest BCUT2D eigenvalue weighted by molar-refractivity contribution is 5.76. The monoisotopic (exact) mass is 230 g/mol. The maximum atomic E-state index is 10.8. The van der Waals surface area contributed by atoms with E-state index in [1.165, 1.54) is 6.42 Å². The predicted molar refractivity (Wildman–Crippen MR) is 68.7 cm³/mol. The molecule has 0 bridgehead atoms. The van der Waals surface area contributed by atoms with Crippen LogP contribution in [0.3, 0.4) is 0 Å². The molecule has 2 nitrogen and oxygen atoms in total. The topological polar surface area (TPSA) is 26.3 Å². The van der Waals surface area contributed by atoms with Crippen LogP contribution >= 0.6 is 0 Å². The van der Waals surface area contributed by atoms with E-state index in [1.54, 1.807) is 0 Å². The quantitative estimate of drug-likeness (QED) is 0.585. The molecule has 1 unspecified atom stereocenters. The van der Waals surface area contributed by atoms with Crippen LogP contribution in [0.25, 0.3) is 0 Å². The average molecular weight is 230 g/mol. The number of hydrogen-bond acceptors (Lipinski definition) is 2. The van der Waals surface area contributed by atoms with Crippen molar-refractivity contribution in [3.63, 3.8) is 0 Å². The van der Waals surface area contributed by atoms with Crippen LogP contribution in [0, 0.1) is 13.8 Å². The van der Waals surface area contributed by atoms with Gasteiger partial charge in [-0.3, -0.25) is 4.79 Å². The van der Waals surface area contributed by atoms with Crippen molar-refractivity contribution in [2.75, 3.05) is 0 Å². The fraction of sp³-hybridized carbons (Fsp3) is 0.400. The Morgan fingerprint density at radius 2 is 2.00 bits per heavy atom. The molecule has 1 aromatic rings. The molecule has 0 aliphatic heterocycles. The summed E-state index contributed by atoms with van der Waals surface area (Å²) in [5, 5.41) is 0. The fourth-order valence-corrected chi connectivity index (χ4v) is 2.27. The van der Waals surface area contributed by atoms with Crippen molar-refractivity contribution in [3.05, 3.63) is 41.0 Å². The van der Waals surface area contributed by atoms with E-state index < -0.39 is 0 Å². The van der Waals surface area contributed by atoms with Gasteiger partial charge in [0.05, 0.1) is 0 Å². The maximum absolute atomic E-state index is 10.8. The summed E-state index contributed by atoms with van der Waals surface area (Å²) in [4.78, 5) is 10.8. The lowest BCUT2D eigenvalue weighted by Gasteiger charge is -2.21. The van der Waals surface area contributed by atoms with Gasteiger partial charge in [-0.25, -0.2) is 0 Å². The van der Waals surface area contributed by atoms with Crippen molar-refractivity contribution in [2.45, 2.75) is 39.2 Å². The predicted octanol–water partition coefficient (Wildman–Crippen LogP) is 3.60. The first-order valence-electron chi connectivity index (χ1n) is 6.10. The molecule has 1 atom stereocenters. The largest absolute Gasteiger partial charge is 0.486 e. The first-order valence-corrected chi connectivity index (χ1v) is 6.10. The Labute approximate surface area is 102 Å². The molecule has 0 saturated heterocycles. The molecule has 0 radical (unpaired) electrons. The maximum Gasteiger partial charge on any atom is 0.150 e. The summed E-state index contributed by atoms with van der Waals surface area (Å²) in [6.45, 7) is 3.98. The number of aldehydes is 1. The Hall–Kier alpha value is -1.57. The van der Waals surface area contributed by atoms with Gasteiger partial charge in [-0.05, 0) is 62.4 Å². The molecule has 2 heteroatoms. The summed E-state index contributed by atoms with van der Waals surface area (Å²) in [6.07, 6.45) is 8.79. The summed E-state index contributed by atoms with van der Waals surface area (Å²) in [5.74, 6) is 0.923. The Kier molecular flexibility index (Phi) is 3.62. The van der Waals surface area contributed by atoms with E-state index in [9.17, 15) is 4.79 Å². The molecule has 0 heterocycles. The molecule has 1 aliphatic rings. The zero-order chi connectivity index (χ0) is 12.3. The van der Waals surface area contributed by atoms with Gasteiger partial charge < -0.3 is 4.74 Å². The Morgan fingerprint density at radius 3 is 2.53 bits per heavy atom. The number of rotatable bonds is 3. The lowest BCUT2D eigenvalue weighted by molar-refractivity contribution is 0.112. The second kappa shape index (κ2) is 5.17. The van der Waals surface area contributed by atoms with E-state index in [-0.39, 0.29) is 6.10 Å². The molecule has 17 heavy (non-hydrogen) atoms. The van der Waals surface area contributed by atoms with Gasteiger partial charge in [0.15, 0.2) is 0 Å². The molecule has 2 rings (SSSR count). The molecule has 1 aliphatic carbocycles. The van der Waals surface area contributed by atoms with Gasteiger partial charge >= 0.3 is 0 Å². The van der Waals surface area contributed by atoms with Crippen molar-refractivity contribution in [3.8, 4) is 5.75 Å². The smallest absolute Gasteiger partial charge is 0.150 e. The highest BCUT2D eigenvalue weighted by atomic mass is 16.5. The first-order chi connectivity index (χ1) is 8.20. The minimum Gasteiger partial charge on any atom is -0.486 e. The lowest BCUT2D eigenvalue weighted by atomic mass is 10.0. The van der Waals surface area contributed by atoms with Gasteiger partial charge in [0, 0.05) is 5.56 Å². The lowest BCUT2D eigenvalue weighted by Crippen LogP contribution is -2.16. The number of benzene rings is 1. The molecule has 0 amide bonds. The van der Waals surface area contributed by atoms with Crippen LogP contribution in [-0.2, 0) is 0 Å². The van der Waals surface area contributed by atoms with E-state index in [2.05, 4.69) is 12.2 Å². The van der Waals surface area contributed by atoms with Gasteiger partial charge in [-0.1, -0.05) is 6.08 Å². The molecule has 0 spiro atoms. The molecular weight excluding hydrogens is 212 g/mol. The van der Waals surface area contributed by atoms with Crippen LogP contribution in [0.5, 0.6) is 5.75 Å². The Balaban J connectivity index is 2.23. The summed E-state index contributed by atoms with van der Waals surface area (Å²) in [5.41, 5.74) is 2.78. The Bertz CT molecular complexity index is 423. The number of ether oxygens (including phenoxy) is 1. The number of carbonyl (C=O) groups excluding carboxylic acids is 1. The van der Waals surface area contributed by atoms with Gasteiger partial charge in [-0.15, -0.1) is 0 Å². The molecule has 0 N–H and O–H groups in total. The second-order valence-electron chi connectivity index (χ2n) is 4.62. The summed E-state index contributed by atoms with van der Waals surface area (Å²) < 4.78 is 6.01. The molecular formula is C15H18O2. The summed E-state index contributed by atoms with van der Waals surface area (Å²) >= 11 is 0. The van der Waals surface area contributed by atoms with E-state index in [0.29, 0.717) is 5.56 Å². The number of allylic oxidation sites excluding steroid dienone is 1. The van der Waals surface area contributed by atoms with Crippen LogP contribution in [0.15, 0.2) is 24.3 Å². The van der Waals surface area contributed by atoms with Crippen LogP contribution in [0.1, 0.15) is 40.7 Å². The normalized spacial score (nSPS) is 19.1. The van der Waals surface area contributed by atoms with E-state index in [0.717, 1.165) is 36.0 Å². The number of carbonyl (C=O) groups is 1. The van der Waals surface area contributed by atoms with Crippen molar-refractivity contribution in [1.29, 1.82) is 0 Å². The Morgan fingerprint density at radius 1 is 1.29 bits per heavy atom. The van der Waals surface area contributed by atoms with E-state index >= 15 is 0 Å². The van der Waals surface area contributed by atoms with Gasteiger partial charge in [-0.2, -0.15) is 0 Å². The first kappa shape index (κ1) is 11.9. The molecule has 0 fully saturated rings. The SMILES string of the molecule is Cc1cc(C=O)cc(C)c1OC1C=CCCC1. The number of aryl methyl sites for hydroxylation is 2. The zero-order valence-corrected chi connectivity index (χ0v) is 10.4. The third-order valence-electron chi connectivity index (χ3n) is 3.10. The van der Waals surface area contributed by atoms with Crippen LogP contribution in [0.4, 0.5) is 0 Å². The van der Waals surface area contributed by atoms with Crippen molar-refractivity contribution >= 4 is 6.29 Å². The van der Waals surface area contributed by atoms with Crippen LogP contribution in [0.2, 0.25) is 0 Å². The third kappa shape index (κ3) is 2.76. The fourth-order valence-electron chi connectivity index (χ4n) is 2.27. The van der Waals surface area contributed by atoms with Crippen molar-refractivity contribution in [2.24, 2.45) is 0 Å². The van der Waals surface area contributed by atoms with E-state index in [1.807, 2.05) is 26.0 Å². The molecule has 1 aromatic carbocycles. The number of hydrogen-bond donors (Lipinski definition) is 0. The minimum atomic E-state index is 0.184.